The second kappa shape index (κ2) is 21.3. The van der Waals surface area contributed by atoms with Gasteiger partial charge in [-0.2, -0.15) is 0 Å². The first kappa shape index (κ1) is 43.6. The molecule has 3 aliphatic rings. The number of carbonyl (C=O) groups is 4. The Kier molecular flexibility index (Phi) is 21.1. The monoisotopic (exact) mass is 627 g/mol. The number of piperazine rings is 1. The molecule has 0 aromatic rings. The molecule has 3 rings (SSSR count). The minimum atomic E-state index is -0.234. The Hall–Kier alpha value is -2.50. The van der Waals surface area contributed by atoms with E-state index >= 15 is 0 Å². The maximum atomic E-state index is 11.5. The van der Waals surface area contributed by atoms with Crippen molar-refractivity contribution < 1.29 is 28.7 Å². The van der Waals surface area contributed by atoms with Crippen LogP contribution < -0.4 is 0 Å². The van der Waals surface area contributed by atoms with Crippen LogP contribution >= 0.6 is 0 Å². The van der Waals surface area contributed by atoms with Gasteiger partial charge in [0, 0.05) is 65.2 Å². The van der Waals surface area contributed by atoms with Gasteiger partial charge in [-0.1, -0.05) is 35.3 Å². The molecule has 44 heavy (non-hydrogen) atoms. The minimum absolute atomic E-state index is 0. The highest BCUT2D eigenvalue weighted by Gasteiger charge is 2.33. The van der Waals surface area contributed by atoms with Crippen molar-refractivity contribution in [1.82, 2.24) is 24.5 Å². The van der Waals surface area contributed by atoms with Crippen LogP contribution in [0.4, 0.5) is 4.79 Å². The van der Waals surface area contributed by atoms with Crippen LogP contribution in [-0.4, -0.2) is 139 Å². The molecule has 3 fully saturated rings. The van der Waals surface area contributed by atoms with Crippen molar-refractivity contribution in [3.8, 4) is 0 Å². The Morgan fingerprint density at radius 1 is 0.864 bits per heavy atom. The van der Waals surface area contributed by atoms with E-state index < -0.39 is 0 Å². The van der Waals surface area contributed by atoms with Crippen LogP contribution in [0, 0.1) is 5.92 Å². The number of likely N-dealkylation sites (tertiary alicyclic amines) is 1. The van der Waals surface area contributed by atoms with Crippen LogP contribution in [0.5, 0.6) is 0 Å². The summed E-state index contributed by atoms with van der Waals surface area (Å²) in [6.45, 7) is 28.2. The molecule has 0 aliphatic carbocycles. The van der Waals surface area contributed by atoms with E-state index in [1.54, 1.807) is 18.9 Å². The van der Waals surface area contributed by atoms with Gasteiger partial charge in [-0.25, -0.2) is 4.79 Å². The molecule has 0 spiro atoms. The van der Waals surface area contributed by atoms with Crippen LogP contribution in [0.3, 0.4) is 0 Å². The van der Waals surface area contributed by atoms with Gasteiger partial charge in [0.1, 0.15) is 6.54 Å². The number of urea groups is 1. The Balaban J connectivity index is 0. The van der Waals surface area contributed by atoms with E-state index in [-0.39, 0.29) is 57.4 Å². The topological polar surface area (TPSA) is 103 Å². The Labute approximate surface area is 268 Å². The van der Waals surface area contributed by atoms with Crippen LogP contribution in [0.1, 0.15) is 83.6 Å². The largest absolute Gasteiger partial charge is 0.377 e. The maximum absolute atomic E-state index is 11.5. The van der Waals surface area contributed by atoms with Crippen molar-refractivity contribution in [3.63, 3.8) is 0 Å². The standard InChI is InChI=1S/C12H24N2O.C10H17NO2.C9H16N2O3.2CH4/c1-9(2)6-13-7-10(3)14(12(5)15)11(4)8-13;1-8(2)13-5-4-11-7-9(3)6-10(11)12;1-7(2)14-5-4-11-8(12)6-10(3)9(11)13;;/h9-11H,6-8H2,1-5H3;8H,3-7H2,1-2H3;7H,4-6H2,1-3H3;2*1H4/t10-,11+;;;;. The van der Waals surface area contributed by atoms with Gasteiger partial charge in [0.05, 0.1) is 32.0 Å². The van der Waals surface area contributed by atoms with E-state index in [9.17, 15) is 19.2 Å². The molecule has 0 radical (unpaired) electrons. The number of nitrogens with zero attached hydrogens (tertiary/aromatic N) is 5. The summed E-state index contributed by atoms with van der Waals surface area (Å²) in [6.07, 6.45) is 0.878. The average molecular weight is 628 g/mol. The molecule has 5 amide bonds. The van der Waals surface area contributed by atoms with Crippen LogP contribution in [0.15, 0.2) is 12.2 Å². The normalized spacial score (nSPS) is 20.5. The highest BCUT2D eigenvalue weighted by Crippen LogP contribution is 2.17. The molecule has 0 saturated carbocycles. The predicted octanol–water partition coefficient (Wildman–Crippen LogP) is 4.36. The number of ether oxygens (including phenoxy) is 2. The Bertz CT molecular complexity index is 897. The summed E-state index contributed by atoms with van der Waals surface area (Å²) < 4.78 is 10.6. The third kappa shape index (κ3) is 15.5. The Morgan fingerprint density at radius 2 is 1.36 bits per heavy atom. The molecule has 11 nitrogen and oxygen atoms in total. The van der Waals surface area contributed by atoms with Crippen molar-refractivity contribution >= 4 is 23.8 Å². The van der Waals surface area contributed by atoms with Crippen LogP contribution in [0.2, 0.25) is 0 Å². The van der Waals surface area contributed by atoms with E-state index in [1.807, 2.05) is 32.6 Å². The second-order valence-corrected chi connectivity index (χ2v) is 12.5. The zero-order valence-electron chi connectivity index (χ0n) is 27.9. The van der Waals surface area contributed by atoms with E-state index in [0.29, 0.717) is 57.3 Å². The summed E-state index contributed by atoms with van der Waals surface area (Å²) in [4.78, 5) is 54.3. The van der Waals surface area contributed by atoms with Crippen molar-refractivity contribution in [1.29, 1.82) is 0 Å². The lowest BCUT2D eigenvalue weighted by Crippen LogP contribution is -2.58. The van der Waals surface area contributed by atoms with E-state index in [0.717, 1.165) is 25.2 Å². The first-order valence-corrected chi connectivity index (χ1v) is 15.3. The van der Waals surface area contributed by atoms with E-state index in [4.69, 9.17) is 9.47 Å². The average Bonchev–Trinajstić information content (AvgIpc) is 3.29. The SMILES string of the molecule is C.C.C=C1CC(=O)N(CCOC(C)C)C1.CC(=O)N1[C@H](C)CN(CC(C)C)C[C@@H]1C.CC(C)OCCN1C(=O)CN(C)C1=O. The fourth-order valence-electron chi connectivity index (χ4n) is 5.33. The molecule has 2 atom stereocenters. The summed E-state index contributed by atoms with van der Waals surface area (Å²) >= 11 is 0. The summed E-state index contributed by atoms with van der Waals surface area (Å²) in [7, 11) is 1.61. The second-order valence-electron chi connectivity index (χ2n) is 12.5. The Morgan fingerprint density at radius 3 is 1.73 bits per heavy atom. The van der Waals surface area contributed by atoms with Crippen LogP contribution in [-0.2, 0) is 23.9 Å². The summed E-state index contributed by atoms with van der Waals surface area (Å²) in [5.41, 5.74) is 1.01. The number of carbonyl (C=O) groups excluding carboxylic acids is 4. The number of amides is 5. The molecule has 3 aliphatic heterocycles. The lowest BCUT2D eigenvalue weighted by atomic mass is 10.1. The third-order valence-corrected chi connectivity index (χ3v) is 6.96. The first-order valence-electron chi connectivity index (χ1n) is 15.3. The van der Waals surface area contributed by atoms with E-state index in [1.165, 1.54) is 9.80 Å². The highest BCUT2D eigenvalue weighted by molar-refractivity contribution is 6.01. The molecule has 0 aromatic heterocycles. The molecule has 0 unspecified atom stereocenters. The fraction of sp³-hybridized carbons (Fsp3) is 0.818. The number of imide groups is 1. The number of rotatable bonds is 10. The van der Waals surface area contributed by atoms with Crippen molar-refractivity contribution in [3.05, 3.63) is 12.2 Å². The molecular formula is C33H65N5O6. The van der Waals surface area contributed by atoms with Crippen molar-refractivity contribution in [2.45, 2.75) is 108 Å². The van der Waals surface area contributed by atoms with Crippen molar-refractivity contribution in [2.24, 2.45) is 5.92 Å². The summed E-state index contributed by atoms with van der Waals surface area (Å²) in [5.74, 6) is 0.940. The zero-order valence-corrected chi connectivity index (χ0v) is 27.9. The summed E-state index contributed by atoms with van der Waals surface area (Å²) in [6, 6.07) is 0.470. The third-order valence-electron chi connectivity index (χ3n) is 6.96. The minimum Gasteiger partial charge on any atom is -0.377 e. The van der Waals surface area contributed by atoms with Gasteiger partial charge >= 0.3 is 6.03 Å². The lowest BCUT2D eigenvalue weighted by Gasteiger charge is -2.44. The maximum Gasteiger partial charge on any atom is 0.327 e. The van der Waals surface area contributed by atoms with Gasteiger partial charge in [-0.3, -0.25) is 24.2 Å². The first-order chi connectivity index (χ1) is 19.5. The fourth-order valence-corrected chi connectivity index (χ4v) is 5.33. The number of hydrogen-bond donors (Lipinski definition) is 0. The number of hydrogen-bond acceptors (Lipinski definition) is 7. The van der Waals surface area contributed by atoms with Gasteiger partial charge < -0.3 is 24.2 Å². The smallest absolute Gasteiger partial charge is 0.327 e. The molecule has 0 bridgehead atoms. The van der Waals surface area contributed by atoms with Gasteiger partial charge in [0.2, 0.25) is 17.7 Å². The van der Waals surface area contributed by atoms with Gasteiger partial charge in [0.15, 0.2) is 0 Å². The predicted molar refractivity (Wildman–Crippen MR) is 178 cm³/mol. The molecular weight excluding hydrogens is 562 g/mol. The van der Waals surface area contributed by atoms with Crippen molar-refractivity contribution in [2.75, 3.05) is 66.1 Å². The molecule has 3 heterocycles. The van der Waals surface area contributed by atoms with Gasteiger partial charge in [-0.15, -0.1) is 0 Å². The molecule has 3 saturated heterocycles. The quantitative estimate of drug-likeness (QED) is 0.262. The van der Waals surface area contributed by atoms with Gasteiger partial charge in [-0.05, 0) is 53.0 Å². The molecule has 0 N–H and O–H groups in total. The van der Waals surface area contributed by atoms with Crippen LogP contribution in [0.25, 0.3) is 0 Å². The summed E-state index contributed by atoms with van der Waals surface area (Å²) in [5, 5.41) is 0. The molecule has 0 aromatic carbocycles. The highest BCUT2D eigenvalue weighted by atomic mass is 16.5. The molecule has 258 valence electrons. The number of likely N-dealkylation sites (N-methyl/N-ethyl adjacent to an activating group) is 1. The van der Waals surface area contributed by atoms with Gasteiger partial charge in [0.25, 0.3) is 0 Å². The lowest BCUT2D eigenvalue weighted by molar-refractivity contribution is -0.136. The van der Waals surface area contributed by atoms with E-state index in [2.05, 4.69) is 39.2 Å². The zero-order chi connectivity index (χ0) is 32.1. The molecule has 11 heteroatoms.